The fraction of sp³-hybridized carbons (Fsp3) is 0.417. The van der Waals surface area contributed by atoms with Crippen molar-refractivity contribution in [3.05, 3.63) is 29.3 Å². The van der Waals surface area contributed by atoms with E-state index in [1.165, 1.54) is 0 Å². The van der Waals surface area contributed by atoms with Gasteiger partial charge in [-0.3, -0.25) is 4.79 Å². The first-order chi connectivity index (χ1) is 7.04. The zero-order valence-corrected chi connectivity index (χ0v) is 9.28. The minimum absolute atomic E-state index is 0.0356. The number of carboxylic acid groups (broad SMARTS) is 1. The third kappa shape index (κ3) is 2.98. The van der Waals surface area contributed by atoms with Gasteiger partial charge in [0.1, 0.15) is 5.75 Å². The second-order valence-electron chi connectivity index (χ2n) is 3.72. The highest BCUT2D eigenvalue weighted by atomic mass is 16.5. The van der Waals surface area contributed by atoms with Crippen LogP contribution in [0.3, 0.4) is 0 Å². The summed E-state index contributed by atoms with van der Waals surface area (Å²) in [6, 6.07) is 5.72. The molecule has 0 fully saturated rings. The number of aryl methyl sites for hydroxylation is 1. The van der Waals surface area contributed by atoms with Gasteiger partial charge in [0, 0.05) is 0 Å². The zero-order valence-electron chi connectivity index (χ0n) is 9.28. The summed E-state index contributed by atoms with van der Waals surface area (Å²) in [6.07, 6.45) is 0.160. The summed E-state index contributed by atoms with van der Waals surface area (Å²) < 4.78 is 5.09. The first kappa shape index (κ1) is 11.6. The van der Waals surface area contributed by atoms with Crippen LogP contribution in [-0.2, 0) is 4.79 Å². The normalized spacial score (nSPS) is 12.2. The summed E-state index contributed by atoms with van der Waals surface area (Å²) in [4.78, 5) is 10.6. The van der Waals surface area contributed by atoms with Crippen LogP contribution in [0.25, 0.3) is 0 Å². The van der Waals surface area contributed by atoms with Gasteiger partial charge in [0.05, 0.1) is 13.5 Å². The number of methoxy groups -OCH3 is 1. The van der Waals surface area contributed by atoms with Gasteiger partial charge in [0.15, 0.2) is 0 Å². The van der Waals surface area contributed by atoms with Crippen molar-refractivity contribution < 1.29 is 14.6 Å². The third-order valence-electron chi connectivity index (χ3n) is 2.49. The molecule has 0 aliphatic carbocycles. The van der Waals surface area contributed by atoms with E-state index in [0.29, 0.717) is 0 Å². The van der Waals surface area contributed by atoms with Crippen molar-refractivity contribution >= 4 is 5.97 Å². The first-order valence-electron chi connectivity index (χ1n) is 4.91. The smallest absolute Gasteiger partial charge is 0.303 e. The topological polar surface area (TPSA) is 46.5 Å². The molecule has 1 rings (SSSR count). The van der Waals surface area contributed by atoms with E-state index in [-0.39, 0.29) is 12.3 Å². The second-order valence-corrected chi connectivity index (χ2v) is 3.72. The Kier molecular flexibility index (Phi) is 3.72. The quantitative estimate of drug-likeness (QED) is 0.827. The molecule has 0 radical (unpaired) electrons. The van der Waals surface area contributed by atoms with Gasteiger partial charge in [-0.1, -0.05) is 13.0 Å². The van der Waals surface area contributed by atoms with Crippen molar-refractivity contribution in [3.8, 4) is 5.75 Å². The fourth-order valence-electron chi connectivity index (χ4n) is 1.70. The summed E-state index contributed by atoms with van der Waals surface area (Å²) in [5.74, 6) is 0.0740. The molecule has 0 amide bonds. The van der Waals surface area contributed by atoms with E-state index in [1.54, 1.807) is 7.11 Å². The summed E-state index contributed by atoms with van der Waals surface area (Å²) in [5.41, 5.74) is 2.14. The van der Waals surface area contributed by atoms with E-state index >= 15 is 0 Å². The van der Waals surface area contributed by atoms with Gasteiger partial charge in [-0.2, -0.15) is 0 Å². The zero-order chi connectivity index (χ0) is 11.4. The Hall–Kier alpha value is -1.51. The summed E-state index contributed by atoms with van der Waals surface area (Å²) >= 11 is 0. The molecular weight excluding hydrogens is 192 g/mol. The molecule has 15 heavy (non-hydrogen) atoms. The van der Waals surface area contributed by atoms with Crippen LogP contribution in [0.2, 0.25) is 0 Å². The lowest BCUT2D eigenvalue weighted by atomic mass is 9.94. The minimum Gasteiger partial charge on any atom is -0.497 e. The van der Waals surface area contributed by atoms with E-state index < -0.39 is 5.97 Å². The van der Waals surface area contributed by atoms with E-state index in [1.807, 2.05) is 32.0 Å². The van der Waals surface area contributed by atoms with Crippen LogP contribution < -0.4 is 4.74 Å². The van der Waals surface area contributed by atoms with E-state index in [0.717, 1.165) is 16.9 Å². The van der Waals surface area contributed by atoms with Crippen molar-refractivity contribution in [2.24, 2.45) is 0 Å². The first-order valence-corrected chi connectivity index (χ1v) is 4.91. The van der Waals surface area contributed by atoms with Gasteiger partial charge in [-0.15, -0.1) is 0 Å². The van der Waals surface area contributed by atoms with Crippen LogP contribution >= 0.6 is 0 Å². The summed E-state index contributed by atoms with van der Waals surface area (Å²) in [5, 5.41) is 8.71. The number of hydrogen-bond donors (Lipinski definition) is 1. The molecule has 1 aromatic rings. The highest BCUT2D eigenvalue weighted by molar-refractivity contribution is 5.68. The molecule has 1 atom stereocenters. The van der Waals surface area contributed by atoms with Crippen LogP contribution in [0, 0.1) is 6.92 Å². The molecule has 0 heterocycles. The Balaban J connectivity index is 2.90. The summed E-state index contributed by atoms with van der Waals surface area (Å²) in [6.45, 7) is 3.89. The standard InChI is InChI=1S/C12H16O3/c1-8-6-10(15-3)4-5-11(8)9(2)7-12(13)14/h4-6,9H,7H2,1-3H3,(H,13,14). The fourth-order valence-corrected chi connectivity index (χ4v) is 1.70. The average molecular weight is 208 g/mol. The molecule has 1 unspecified atom stereocenters. The van der Waals surface area contributed by atoms with E-state index in [9.17, 15) is 4.79 Å². The van der Waals surface area contributed by atoms with Crippen molar-refractivity contribution in [1.82, 2.24) is 0 Å². The molecular formula is C12H16O3. The highest BCUT2D eigenvalue weighted by Gasteiger charge is 2.12. The van der Waals surface area contributed by atoms with E-state index in [4.69, 9.17) is 9.84 Å². The van der Waals surface area contributed by atoms with Crippen molar-refractivity contribution in [2.75, 3.05) is 7.11 Å². The van der Waals surface area contributed by atoms with Gasteiger partial charge in [-0.05, 0) is 36.1 Å². The predicted octanol–water partition coefficient (Wildman–Crippen LogP) is 2.58. The van der Waals surface area contributed by atoms with Crippen molar-refractivity contribution in [2.45, 2.75) is 26.2 Å². The van der Waals surface area contributed by atoms with Crippen LogP contribution in [0.1, 0.15) is 30.4 Å². The van der Waals surface area contributed by atoms with Gasteiger partial charge in [0.25, 0.3) is 0 Å². The van der Waals surface area contributed by atoms with Gasteiger partial charge >= 0.3 is 5.97 Å². The van der Waals surface area contributed by atoms with Crippen LogP contribution in [0.5, 0.6) is 5.75 Å². The number of carboxylic acids is 1. The van der Waals surface area contributed by atoms with Crippen LogP contribution in [-0.4, -0.2) is 18.2 Å². The molecule has 0 saturated heterocycles. The Morgan fingerprint density at radius 3 is 2.67 bits per heavy atom. The molecule has 0 aromatic heterocycles. The van der Waals surface area contributed by atoms with Crippen LogP contribution in [0.4, 0.5) is 0 Å². The minimum atomic E-state index is -0.766. The molecule has 0 spiro atoms. The van der Waals surface area contributed by atoms with Crippen molar-refractivity contribution in [3.63, 3.8) is 0 Å². The number of carbonyl (C=O) groups is 1. The highest BCUT2D eigenvalue weighted by Crippen LogP contribution is 2.25. The molecule has 1 aromatic carbocycles. The van der Waals surface area contributed by atoms with Crippen molar-refractivity contribution in [1.29, 1.82) is 0 Å². The monoisotopic (exact) mass is 208 g/mol. The van der Waals surface area contributed by atoms with Gasteiger partial charge in [-0.25, -0.2) is 0 Å². The number of benzene rings is 1. The second kappa shape index (κ2) is 4.82. The maximum absolute atomic E-state index is 10.6. The van der Waals surface area contributed by atoms with Crippen LogP contribution in [0.15, 0.2) is 18.2 Å². The Morgan fingerprint density at radius 1 is 1.53 bits per heavy atom. The van der Waals surface area contributed by atoms with Gasteiger partial charge in [0.2, 0.25) is 0 Å². The SMILES string of the molecule is COc1ccc(C(C)CC(=O)O)c(C)c1. The Morgan fingerprint density at radius 2 is 2.20 bits per heavy atom. The molecule has 3 nitrogen and oxygen atoms in total. The number of aliphatic carboxylic acids is 1. The lowest BCUT2D eigenvalue weighted by molar-refractivity contribution is -0.137. The Bertz CT molecular complexity index is 358. The predicted molar refractivity (Wildman–Crippen MR) is 58.4 cm³/mol. The maximum Gasteiger partial charge on any atom is 0.303 e. The average Bonchev–Trinajstić information content (AvgIpc) is 2.16. The molecule has 1 N–H and O–H groups in total. The third-order valence-corrected chi connectivity index (χ3v) is 2.49. The molecule has 0 saturated carbocycles. The Labute approximate surface area is 89.7 Å². The number of ether oxygens (including phenoxy) is 1. The molecule has 0 bridgehead atoms. The number of rotatable bonds is 4. The maximum atomic E-state index is 10.6. The molecule has 0 aliphatic heterocycles. The largest absolute Gasteiger partial charge is 0.497 e. The lowest BCUT2D eigenvalue weighted by Crippen LogP contribution is -2.04. The molecule has 82 valence electrons. The summed E-state index contributed by atoms with van der Waals surface area (Å²) in [7, 11) is 1.62. The molecule has 3 heteroatoms. The van der Waals surface area contributed by atoms with E-state index in [2.05, 4.69) is 0 Å². The number of hydrogen-bond acceptors (Lipinski definition) is 2. The lowest BCUT2D eigenvalue weighted by Gasteiger charge is -2.13. The molecule has 0 aliphatic rings. The van der Waals surface area contributed by atoms with Gasteiger partial charge < -0.3 is 9.84 Å².